The molecule has 0 spiro atoms. The van der Waals surface area contributed by atoms with E-state index < -0.39 is 0 Å². The number of nitrogens with one attached hydrogen (secondary N) is 1. The molecule has 0 saturated heterocycles. The standard InChI is InChI=1S/C14H23N/c1-4-14(2,3)12-15-11-10-13-8-6-5-7-9-13/h5-9,15H,4,10-12H2,1-3H3. The smallest absolute Gasteiger partial charge is 0.000254 e. The zero-order valence-corrected chi connectivity index (χ0v) is 10.2. The van der Waals surface area contributed by atoms with Crippen molar-refractivity contribution in [1.82, 2.24) is 5.32 Å². The van der Waals surface area contributed by atoms with Crippen LogP contribution in [0.4, 0.5) is 0 Å². The molecule has 0 radical (unpaired) electrons. The van der Waals surface area contributed by atoms with Crippen molar-refractivity contribution >= 4 is 0 Å². The van der Waals surface area contributed by atoms with Crippen molar-refractivity contribution in [2.75, 3.05) is 13.1 Å². The van der Waals surface area contributed by atoms with Crippen molar-refractivity contribution in [2.24, 2.45) is 5.41 Å². The van der Waals surface area contributed by atoms with Crippen molar-refractivity contribution in [3.8, 4) is 0 Å². The average Bonchev–Trinajstić information content (AvgIpc) is 2.26. The van der Waals surface area contributed by atoms with Crippen LogP contribution in [0.25, 0.3) is 0 Å². The average molecular weight is 205 g/mol. The summed E-state index contributed by atoms with van der Waals surface area (Å²) in [4.78, 5) is 0. The lowest BCUT2D eigenvalue weighted by atomic mass is 9.90. The van der Waals surface area contributed by atoms with E-state index in [1.54, 1.807) is 0 Å². The molecular weight excluding hydrogens is 182 g/mol. The predicted molar refractivity (Wildman–Crippen MR) is 67.1 cm³/mol. The van der Waals surface area contributed by atoms with Gasteiger partial charge in [-0.2, -0.15) is 0 Å². The van der Waals surface area contributed by atoms with E-state index >= 15 is 0 Å². The minimum absolute atomic E-state index is 0.427. The van der Waals surface area contributed by atoms with Gasteiger partial charge in [-0.3, -0.25) is 0 Å². The van der Waals surface area contributed by atoms with E-state index in [1.807, 2.05) is 0 Å². The molecule has 0 aliphatic heterocycles. The first-order valence-electron chi connectivity index (χ1n) is 5.89. The lowest BCUT2D eigenvalue weighted by molar-refractivity contribution is 0.329. The van der Waals surface area contributed by atoms with E-state index in [0.717, 1.165) is 19.5 Å². The molecule has 0 heterocycles. The Morgan fingerprint density at radius 2 is 1.80 bits per heavy atom. The topological polar surface area (TPSA) is 12.0 Å². The number of rotatable bonds is 6. The molecule has 1 heteroatoms. The van der Waals surface area contributed by atoms with E-state index in [-0.39, 0.29) is 0 Å². The number of hydrogen-bond acceptors (Lipinski definition) is 1. The van der Waals surface area contributed by atoms with Crippen LogP contribution in [0.3, 0.4) is 0 Å². The summed E-state index contributed by atoms with van der Waals surface area (Å²) >= 11 is 0. The summed E-state index contributed by atoms with van der Waals surface area (Å²) in [5.74, 6) is 0. The molecule has 0 bridgehead atoms. The van der Waals surface area contributed by atoms with Crippen molar-refractivity contribution in [2.45, 2.75) is 33.6 Å². The third kappa shape index (κ3) is 4.98. The molecule has 0 amide bonds. The van der Waals surface area contributed by atoms with Crippen LogP contribution in [-0.2, 0) is 6.42 Å². The van der Waals surface area contributed by atoms with Crippen LogP contribution in [0.5, 0.6) is 0 Å². The Morgan fingerprint density at radius 3 is 2.40 bits per heavy atom. The van der Waals surface area contributed by atoms with Crippen LogP contribution >= 0.6 is 0 Å². The fourth-order valence-electron chi connectivity index (χ4n) is 1.43. The van der Waals surface area contributed by atoms with Crippen molar-refractivity contribution in [3.63, 3.8) is 0 Å². The van der Waals surface area contributed by atoms with Gasteiger partial charge in [0.1, 0.15) is 0 Å². The van der Waals surface area contributed by atoms with E-state index in [4.69, 9.17) is 0 Å². The fraction of sp³-hybridized carbons (Fsp3) is 0.571. The monoisotopic (exact) mass is 205 g/mol. The summed E-state index contributed by atoms with van der Waals surface area (Å²) < 4.78 is 0. The SMILES string of the molecule is CCC(C)(C)CNCCc1ccccc1. The van der Waals surface area contributed by atoms with Crippen molar-refractivity contribution in [1.29, 1.82) is 0 Å². The largest absolute Gasteiger partial charge is 0.316 e. The van der Waals surface area contributed by atoms with Gasteiger partial charge in [0.25, 0.3) is 0 Å². The van der Waals surface area contributed by atoms with Crippen LogP contribution in [0.1, 0.15) is 32.8 Å². The molecular formula is C14H23N. The van der Waals surface area contributed by atoms with Gasteiger partial charge in [0.2, 0.25) is 0 Å². The van der Waals surface area contributed by atoms with Crippen molar-refractivity contribution in [3.05, 3.63) is 35.9 Å². The van der Waals surface area contributed by atoms with Crippen LogP contribution in [0, 0.1) is 5.41 Å². The molecule has 15 heavy (non-hydrogen) atoms. The zero-order valence-electron chi connectivity index (χ0n) is 10.2. The van der Waals surface area contributed by atoms with Gasteiger partial charge in [-0.15, -0.1) is 0 Å². The van der Waals surface area contributed by atoms with E-state index in [0.29, 0.717) is 5.41 Å². The number of hydrogen-bond donors (Lipinski definition) is 1. The first-order valence-corrected chi connectivity index (χ1v) is 5.89. The first kappa shape index (κ1) is 12.3. The highest BCUT2D eigenvalue weighted by Gasteiger charge is 2.13. The van der Waals surface area contributed by atoms with E-state index in [1.165, 1.54) is 12.0 Å². The molecule has 0 saturated carbocycles. The summed E-state index contributed by atoms with van der Waals surface area (Å²) in [6.45, 7) is 9.05. The summed E-state index contributed by atoms with van der Waals surface area (Å²) in [6, 6.07) is 10.6. The molecule has 1 N–H and O–H groups in total. The Labute approximate surface area is 93.9 Å². The molecule has 1 aromatic carbocycles. The first-order chi connectivity index (χ1) is 7.14. The lowest BCUT2D eigenvalue weighted by Gasteiger charge is -2.22. The van der Waals surface area contributed by atoms with Crippen LogP contribution < -0.4 is 5.32 Å². The Kier molecular flexibility index (Phi) is 4.83. The van der Waals surface area contributed by atoms with Gasteiger partial charge >= 0.3 is 0 Å². The summed E-state index contributed by atoms with van der Waals surface area (Å²) in [5.41, 5.74) is 1.84. The Morgan fingerprint density at radius 1 is 1.13 bits per heavy atom. The Bertz CT molecular complexity index is 264. The second-order valence-corrected chi connectivity index (χ2v) is 4.93. The second kappa shape index (κ2) is 5.92. The maximum atomic E-state index is 3.53. The van der Waals surface area contributed by atoms with Gasteiger partial charge in [0.15, 0.2) is 0 Å². The third-order valence-corrected chi connectivity index (χ3v) is 2.99. The van der Waals surface area contributed by atoms with Gasteiger partial charge in [0, 0.05) is 6.54 Å². The lowest BCUT2D eigenvalue weighted by Crippen LogP contribution is -2.30. The van der Waals surface area contributed by atoms with Gasteiger partial charge in [-0.1, -0.05) is 51.1 Å². The molecule has 1 aromatic rings. The van der Waals surface area contributed by atoms with Gasteiger partial charge < -0.3 is 5.32 Å². The van der Waals surface area contributed by atoms with Gasteiger partial charge in [0.05, 0.1) is 0 Å². The maximum Gasteiger partial charge on any atom is 0.000254 e. The highest BCUT2D eigenvalue weighted by Crippen LogP contribution is 2.17. The van der Waals surface area contributed by atoms with E-state index in [2.05, 4.69) is 56.4 Å². The normalized spacial score (nSPS) is 11.7. The zero-order chi connectivity index (χ0) is 11.1. The van der Waals surface area contributed by atoms with E-state index in [9.17, 15) is 0 Å². The second-order valence-electron chi connectivity index (χ2n) is 4.93. The molecule has 0 fully saturated rings. The maximum absolute atomic E-state index is 3.53. The minimum Gasteiger partial charge on any atom is -0.316 e. The fourth-order valence-corrected chi connectivity index (χ4v) is 1.43. The van der Waals surface area contributed by atoms with Gasteiger partial charge in [-0.05, 0) is 30.4 Å². The summed E-state index contributed by atoms with van der Waals surface area (Å²) in [7, 11) is 0. The molecule has 0 atom stereocenters. The molecule has 0 aliphatic carbocycles. The molecule has 1 nitrogen and oxygen atoms in total. The summed E-state index contributed by atoms with van der Waals surface area (Å²) in [5, 5.41) is 3.53. The third-order valence-electron chi connectivity index (χ3n) is 2.99. The van der Waals surface area contributed by atoms with Gasteiger partial charge in [-0.25, -0.2) is 0 Å². The van der Waals surface area contributed by atoms with Crippen LogP contribution in [-0.4, -0.2) is 13.1 Å². The summed E-state index contributed by atoms with van der Waals surface area (Å²) in [6.07, 6.45) is 2.35. The quantitative estimate of drug-likeness (QED) is 0.703. The van der Waals surface area contributed by atoms with Crippen LogP contribution in [0.15, 0.2) is 30.3 Å². The minimum atomic E-state index is 0.427. The molecule has 84 valence electrons. The molecule has 1 rings (SSSR count). The molecule has 0 aliphatic rings. The number of benzene rings is 1. The Balaban J connectivity index is 2.18. The van der Waals surface area contributed by atoms with Crippen molar-refractivity contribution < 1.29 is 0 Å². The van der Waals surface area contributed by atoms with Crippen LogP contribution in [0.2, 0.25) is 0 Å². The predicted octanol–water partition coefficient (Wildman–Crippen LogP) is 3.25. The highest BCUT2D eigenvalue weighted by molar-refractivity contribution is 5.14. The Hall–Kier alpha value is -0.820. The molecule has 0 unspecified atom stereocenters. The highest BCUT2D eigenvalue weighted by atomic mass is 14.9. The molecule has 0 aromatic heterocycles.